The monoisotopic (exact) mass is 466 g/mol. The van der Waals surface area contributed by atoms with Crippen molar-refractivity contribution in [2.75, 3.05) is 40.8 Å². The van der Waals surface area contributed by atoms with Gasteiger partial charge in [0, 0.05) is 19.6 Å². The molecule has 2 aliphatic rings. The Kier molecular flexibility index (Phi) is 9.73. The second kappa shape index (κ2) is 11.6. The molecule has 2 aliphatic heterocycles. The van der Waals surface area contributed by atoms with Gasteiger partial charge in [0.2, 0.25) is 11.8 Å². The molecule has 0 aliphatic carbocycles. The van der Waals surface area contributed by atoms with Crippen LogP contribution in [0.2, 0.25) is 0 Å². The summed E-state index contributed by atoms with van der Waals surface area (Å²) < 4.78 is 4.99. The molecule has 2 rings (SSSR count). The van der Waals surface area contributed by atoms with Crippen LogP contribution < -0.4 is 5.32 Å². The van der Waals surface area contributed by atoms with Crippen molar-refractivity contribution in [2.24, 2.45) is 11.3 Å². The van der Waals surface area contributed by atoms with Crippen LogP contribution in [0.4, 0.5) is 0 Å². The number of rotatable bonds is 8. The van der Waals surface area contributed by atoms with Gasteiger partial charge in [-0.05, 0) is 57.2 Å². The maximum absolute atomic E-state index is 13.8. The Bertz CT molecular complexity index is 690. The van der Waals surface area contributed by atoms with E-state index in [0.717, 1.165) is 45.2 Å². The number of hydrogen-bond donors (Lipinski definition) is 1. The van der Waals surface area contributed by atoms with Crippen LogP contribution in [0, 0.1) is 11.3 Å². The summed E-state index contributed by atoms with van der Waals surface area (Å²) in [7, 11) is 5.23. The summed E-state index contributed by atoms with van der Waals surface area (Å²) in [6.07, 6.45) is 4.68. The third kappa shape index (κ3) is 6.92. The van der Waals surface area contributed by atoms with E-state index in [2.05, 4.69) is 29.0 Å². The Morgan fingerprint density at radius 3 is 2.24 bits per heavy atom. The molecule has 2 fully saturated rings. The quantitative estimate of drug-likeness (QED) is 0.552. The number of carbonyl (C=O) groups is 3. The molecule has 0 aromatic carbocycles. The lowest BCUT2D eigenvalue weighted by atomic mass is 9.84. The molecule has 190 valence electrons. The summed E-state index contributed by atoms with van der Waals surface area (Å²) in [5, 5.41) is 3.10. The lowest BCUT2D eigenvalue weighted by molar-refractivity contribution is -0.147. The number of esters is 1. The highest BCUT2D eigenvalue weighted by Crippen LogP contribution is 2.26. The molecule has 2 amide bonds. The average Bonchev–Trinajstić information content (AvgIpc) is 3.21. The third-order valence-corrected chi connectivity index (χ3v) is 7.35. The highest BCUT2D eigenvalue weighted by atomic mass is 16.5. The zero-order valence-corrected chi connectivity index (χ0v) is 22.0. The van der Waals surface area contributed by atoms with Crippen LogP contribution in [0.1, 0.15) is 66.7 Å². The molecular formula is C25H46N4O4. The van der Waals surface area contributed by atoms with Gasteiger partial charge in [0.15, 0.2) is 0 Å². The van der Waals surface area contributed by atoms with Gasteiger partial charge in [-0.25, -0.2) is 0 Å². The Balaban J connectivity index is 2.17. The highest BCUT2D eigenvalue weighted by molar-refractivity contribution is 5.90. The molecule has 0 aromatic heterocycles. The topological polar surface area (TPSA) is 82.2 Å². The lowest BCUT2D eigenvalue weighted by Crippen LogP contribution is -2.61. The van der Waals surface area contributed by atoms with Gasteiger partial charge in [-0.2, -0.15) is 0 Å². The first-order valence-corrected chi connectivity index (χ1v) is 12.5. The summed E-state index contributed by atoms with van der Waals surface area (Å²) in [6, 6.07) is -1.14. The number of hydrogen-bond acceptors (Lipinski definition) is 6. The number of amides is 2. The van der Waals surface area contributed by atoms with E-state index < -0.39 is 11.5 Å². The minimum Gasteiger partial charge on any atom is -0.468 e. The summed E-state index contributed by atoms with van der Waals surface area (Å²) in [5.41, 5.74) is -0.433. The van der Waals surface area contributed by atoms with Gasteiger partial charge in [0.1, 0.15) is 12.1 Å². The largest absolute Gasteiger partial charge is 0.468 e. The first-order valence-electron chi connectivity index (χ1n) is 12.5. The number of ether oxygens (including phenoxy) is 1. The highest BCUT2D eigenvalue weighted by Gasteiger charge is 2.41. The SMILES string of the molecule is COC(=O)[C@H]1CCCN1C[C@H](C(C)C)N(C)C(=O)C(NC(=O)[C@H]1CCCCN1C)C(C)(C)C. The molecule has 0 spiro atoms. The van der Waals surface area contributed by atoms with Crippen molar-refractivity contribution in [3.05, 3.63) is 0 Å². The van der Waals surface area contributed by atoms with Crippen molar-refractivity contribution < 1.29 is 19.1 Å². The van der Waals surface area contributed by atoms with Crippen LogP contribution in [0.5, 0.6) is 0 Å². The minimum absolute atomic E-state index is 0.0646. The molecule has 33 heavy (non-hydrogen) atoms. The normalized spacial score (nSPS) is 24.4. The molecule has 8 heteroatoms. The fraction of sp³-hybridized carbons (Fsp3) is 0.880. The molecule has 0 saturated carbocycles. The summed E-state index contributed by atoms with van der Waals surface area (Å²) in [4.78, 5) is 45.2. The molecule has 4 atom stereocenters. The van der Waals surface area contributed by atoms with E-state index >= 15 is 0 Å². The Labute approximate surface area is 200 Å². The van der Waals surface area contributed by atoms with Crippen LogP contribution in [0.15, 0.2) is 0 Å². The van der Waals surface area contributed by atoms with Gasteiger partial charge in [-0.15, -0.1) is 0 Å². The molecule has 0 bridgehead atoms. The van der Waals surface area contributed by atoms with Crippen molar-refractivity contribution in [2.45, 2.75) is 90.9 Å². The number of nitrogens with one attached hydrogen (secondary N) is 1. The van der Waals surface area contributed by atoms with Crippen molar-refractivity contribution in [3.63, 3.8) is 0 Å². The van der Waals surface area contributed by atoms with E-state index in [1.54, 1.807) is 4.90 Å². The molecule has 2 heterocycles. The fourth-order valence-electron chi connectivity index (χ4n) is 5.13. The maximum atomic E-state index is 13.8. The van der Waals surface area contributed by atoms with Crippen molar-refractivity contribution in [1.29, 1.82) is 0 Å². The van der Waals surface area contributed by atoms with E-state index in [0.29, 0.717) is 6.54 Å². The van der Waals surface area contributed by atoms with Crippen molar-refractivity contribution in [1.82, 2.24) is 20.0 Å². The molecular weight excluding hydrogens is 420 g/mol. The van der Waals surface area contributed by atoms with Crippen molar-refractivity contribution in [3.8, 4) is 0 Å². The van der Waals surface area contributed by atoms with E-state index in [9.17, 15) is 14.4 Å². The second-order valence-electron chi connectivity index (χ2n) is 11.2. The number of carbonyl (C=O) groups excluding carboxylic acids is 3. The predicted octanol–water partition coefficient (Wildman–Crippen LogP) is 2.12. The van der Waals surface area contributed by atoms with Crippen LogP contribution >= 0.6 is 0 Å². The molecule has 1 unspecified atom stereocenters. The first kappa shape index (κ1) is 27.6. The molecule has 1 N–H and O–H groups in total. The molecule has 0 radical (unpaired) electrons. The zero-order valence-electron chi connectivity index (χ0n) is 22.0. The Morgan fingerprint density at radius 1 is 1.06 bits per heavy atom. The van der Waals surface area contributed by atoms with Crippen LogP contribution in [-0.2, 0) is 19.1 Å². The van der Waals surface area contributed by atoms with E-state index in [1.807, 2.05) is 34.9 Å². The van der Waals surface area contributed by atoms with Gasteiger partial charge in [0.05, 0.1) is 13.2 Å². The number of likely N-dealkylation sites (N-methyl/N-ethyl adjacent to an activating group) is 2. The number of nitrogens with zero attached hydrogens (tertiary/aromatic N) is 3. The first-order chi connectivity index (χ1) is 15.4. The fourth-order valence-corrected chi connectivity index (χ4v) is 5.13. The lowest BCUT2D eigenvalue weighted by Gasteiger charge is -2.41. The Hall–Kier alpha value is -1.67. The molecule has 0 aromatic rings. The smallest absolute Gasteiger partial charge is 0.323 e. The minimum atomic E-state index is -0.624. The van der Waals surface area contributed by atoms with Crippen molar-refractivity contribution >= 4 is 17.8 Å². The second-order valence-corrected chi connectivity index (χ2v) is 11.2. The van der Waals surface area contributed by atoms with E-state index in [1.165, 1.54) is 7.11 Å². The molecule has 8 nitrogen and oxygen atoms in total. The average molecular weight is 467 g/mol. The van der Waals surface area contributed by atoms with Gasteiger partial charge in [-0.3, -0.25) is 24.2 Å². The van der Waals surface area contributed by atoms with Crippen LogP contribution in [-0.4, -0.2) is 97.5 Å². The van der Waals surface area contributed by atoms with E-state index in [4.69, 9.17) is 4.74 Å². The third-order valence-electron chi connectivity index (χ3n) is 7.35. The zero-order chi connectivity index (χ0) is 24.9. The van der Waals surface area contributed by atoms with E-state index in [-0.39, 0.29) is 41.8 Å². The Morgan fingerprint density at radius 2 is 1.70 bits per heavy atom. The van der Waals surface area contributed by atoms with Crippen LogP contribution in [0.25, 0.3) is 0 Å². The van der Waals surface area contributed by atoms with Gasteiger partial charge in [-0.1, -0.05) is 41.0 Å². The summed E-state index contributed by atoms with van der Waals surface area (Å²) >= 11 is 0. The predicted molar refractivity (Wildman–Crippen MR) is 130 cm³/mol. The number of likely N-dealkylation sites (tertiary alicyclic amines) is 2. The number of methoxy groups -OCH3 is 1. The molecule has 2 saturated heterocycles. The maximum Gasteiger partial charge on any atom is 0.323 e. The standard InChI is InChI=1S/C25H46N4O4/c1-17(2)20(16-29-15-11-13-19(29)24(32)33-8)28(7)23(31)21(25(3,4)5)26-22(30)18-12-9-10-14-27(18)6/h17-21H,9-16H2,1-8H3,(H,26,30)/t18-,19-,20-,21?/m1/s1. The summed E-state index contributed by atoms with van der Waals surface area (Å²) in [6.45, 7) is 12.5. The van der Waals surface area contributed by atoms with Gasteiger partial charge < -0.3 is 15.0 Å². The van der Waals surface area contributed by atoms with Crippen LogP contribution in [0.3, 0.4) is 0 Å². The summed E-state index contributed by atoms with van der Waals surface area (Å²) in [5.74, 6) is -0.161. The number of piperidine rings is 1. The van der Waals surface area contributed by atoms with Gasteiger partial charge >= 0.3 is 5.97 Å². The van der Waals surface area contributed by atoms with Gasteiger partial charge in [0.25, 0.3) is 0 Å².